The number of aryl methyl sites for hydroxylation is 1. The number of methoxy groups -OCH3 is 2. The van der Waals surface area contributed by atoms with Gasteiger partial charge in [-0.15, -0.1) is 11.8 Å². The molecule has 0 saturated carbocycles. The first kappa shape index (κ1) is 15.8. The van der Waals surface area contributed by atoms with E-state index in [1.807, 2.05) is 24.0 Å². The van der Waals surface area contributed by atoms with Crippen LogP contribution < -0.4 is 9.47 Å². The number of hydrogen-bond donors (Lipinski definition) is 0. The number of nitrogens with zero attached hydrogens (tertiary/aromatic N) is 1. The third kappa shape index (κ3) is 2.91. The summed E-state index contributed by atoms with van der Waals surface area (Å²) in [4.78, 5) is 14.9. The van der Waals surface area contributed by atoms with Crippen molar-refractivity contribution in [3.8, 4) is 11.5 Å². The van der Waals surface area contributed by atoms with Crippen molar-refractivity contribution in [1.82, 2.24) is 4.90 Å². The second-order valence-corrected chi connectivity index (χ2v) is 6.40. The summed E-state index contributed by atoms with van der Waals surface area (Å²) >= 11 is 1.70. The lowest BCUT2D eigenvalue weighted by molar-refractivity contribution is 0.0742. The number of furan rings is 1. The number of benzene rings is 1. The van der Waals surface area contributed by atoms with Gasteiger partial charge in [-0.3, -0.25) is 4.79 Å². The zero-order valence-corrected chi connectivity index (χ0v) is 14.2. The maximum Gasteiger partial charge on any atom is 0.262 e. The molecule has 1 fully saturated rings. The Kier molecular flexibility index (Phi) is 4.52. The average Bonchev–Trinajstić information content (AvgIpc) is 3.21. The van der Waals surface area contributed by atoms with E-state index >= 15 is 0 Å². The molecule has 5 nitrogen and oxygen atoms in total. The van der Waals surface area contributed by atoms with E-state index in [0.29, 0.717) is 23.6 Å². The number of rotatable bonds is 4. The number of carbonyl (C=O) groups excluding carboxylic acids is 1. The molecule has 1 aromatic heterocycles. The van der Waals surface area contributed by atoms with Crippen LogP contribution in [0.4, 0.5) is 0 Å². The standard InChI is InChI=1S/C17H19NO4S/c1-11-7-8-14(22-11)17-18(9-10-23-17)16(19)15-12(20-2)5-4-6-13(15)21-3/h4-8,17H,9-10H2,1-3H3. The topological polar surface area (TPSA) is 51.9 Å². The molecule has 122 valence electrons. The Bertz CT molecular complexity index is 690. The van der Waals surface area contributed by atoms with Crippen LogP contribution in [-0.2, 0) is 0 Å². The van der Waals surface area contributed by atoms with E-state index in [0.717, 1.165) is 17.3 Å². The summed E-state index contributed by atoms with van der Waals surface area (Å²) in [7, 11) is 3.11. The molecule has 2 aromatic rings. The molecule has 1 amide bonds. The molecule has 1 aromatic carbocycles. The third-order valence-electron chi connectivity index (χ3n) is 3.80. The summed E-state index contributed by atoms with van der Waals surface area (Å²) in [5.74, 6) is 3.43. The van der Waals surface area contributed by atoms with Crippen LogP contribution in [0.15, 0.2) is 34.7 Å². The van der Waals surface area contributed by atoms with E-state index in [1.54, 1.807) is 44.2 Å². The van der Waals surface area contributed by atoms with Crippen LogP contribution >= 0.6 is 11.8 Å². The molecule has 0 radical (unpaired) electrons. The zero-order chi connectivity index (χ0) is 16.4. The summed E-state index contributed by atoms with van der Waals surface area (Å²) < 4.78 is 16.4. The molecule has 1 atom stereocenters. The SMILES string of the molecule is COc1cccc(OC)c1C(=O)N1CCSC1c1ccc(C)o1. The van der Waals surface area contributed by atoms with Crippen molar-refractivity contribution in [2.24, 2.45) is 0 Å². The van der Waals surface area contributed by atoms with Crippen LogP contribution in [-0.4, -0.2) is 37.3 Å². The lowest BCUT2D eigenvalue weighted by Gasteiger charge is -2.24. The molecule has 0 bridgehead atoms. The Balaban J connectivity index is 1.96. The van der Waals surface area contributed by atoms with E-state index in [-0.39, 0.29) is 11.3 Å². The van der Waals surface area contributed by atoms with Crippen LogP contribution in [0.2, 0.25) is 0 Å². The van der Waals surface area contributed by atoms with Gasteiger partial charge in [-0.25, -0.2) is 0 Å². The fourth-order valence-corrected chi connectivity index (χ4v) is 3.90. The van der Waals surface area contributed by atoms with Crippen LogP contribution in [0.25, 0.3) is 0 Å². The molecule has 23 heavy (non-hydrogen) atoms. The minimum atomic E-state index is -0.120. The number of hydrogen-bond acceptors (Lipinski definition) is 5. The van der Waals surface area contributed by atoms with Crippen molar-refractivity contribution >= 4 is 17.7 Å². The summed E-state index contributed by atoms with van der Waals surface area (Å²) in [6.45, 7) is 2.56. The highest BCUT2D eigenvalue weighted by atomic mass is 32.2. The first-order chi connectivity index (χ1) is 11.2. The Morgan fingerprint density at radius 1 is 1.22 bits per heavy atom. The zero-order valence-electron chi connectivity index (χ0n) is 13.4. The lowest BCUT2D eigenvalue weighted by atomic mass is 10.1. The fourth-order valence-electron chi connectivity index (χ4n) is 2.71. The maximum atomic E-state index is 13.1. The smallest absolute Gasteiger partial charge is 0.262 e. The lowest BCUT2D eigenvalue weighted by Crippen LogP contribution is -2.31. The molecule has 1 aliphatic rings. The van der Waals surface area contributed by atoms with Crippen LogP contribution in [0, 0.1) is 6.92 Å². The van der Waals surface area contributed by atoms with Crippen molar-refractivity contribution in [3.63, 3.8) is 0 Å². The normalized spacial score (nSPS) is 17.3. The predicted octanol–water partition coefficient (Wildman–Crippen LogP) is 3.49. The first-order valence-corrected chi connectivity index (χ1v) is 8.40. The maximum absolute atomic E-state index is 13.1. The summed E-state index contributed by atoms with van der Waals surface area (Å²) in [5, 5.41) is -0.120. The minimum Gasteiger partial charge on any atom is -0.496 e. The second kappa shape index (κ2) is 6.58. The Labute approximate surface area is 139 Å². The van der Waals surface area contributed by atoms with Crippen LogP contribution in [0.3, 0.4) is 0 Å². The van der Waals surface area contributed by atoms with Gasteiger partial charge in [0.25, 0.3) is 5.91 Å². The van der Waals surface area contributed by atoms with Crippen molar-refractivity contribution < 1.29 is 18.7 Å². The Morgan fingerprint density at radius 2 is 1.91 bits per heavy atom. The van der Waals surface area contributed by atoms with Crippen LogP contribution in [0.1, 0.15) is 27.3 Å². The molecule has 0 spiro atoms. The monoisotopic (exact) mass is 333 g/mol. The highest BCUT2D eigenvalue weighted by molar-refractivity contribution is 7.99. The largest absolute Gasteiger partial charge is 0.496 e. The summed E-state index contributed by atoms with van der Waals surface area (Å²) in [6, 6.07) is 9.19. The molecule has 2 heterocycles. The second-order valence-electron chi connectivity index (χ2n) is 5.21. The number of carbonyl (C=O) groups is 1. The molecule has 0 N–H and O–H groups in total. The number of ether oxygens (including phenoxy) is 2. The molecule has 6 heteroatoms. The van der Waals surface area contributed by atoms with Crippen molar-refractivity contribution in [2.45, 2.75) is 12.3 Å². The van der Waals surface area contributed by atoms with E-state index in [4.69, 9.17) is 13.9 Å². The van der Waals surface area contributed by atoms with Gasteiger partial charge in [-0.2, -0.15) is 0 Å². The molecule has 1 unspecified atom stereocenters. The van der Waals surface area contributed by atoms with Gasteiger partial charge in [-0.05, 0) is 31.2 Å². The first-order valence-electron chi connectivity index (χ1n) is 7.35. The Hall–Kier alpha value is -2.08. The molecule has 1 aliphatic heterocycles. The Morgan fingerprint density at radius 3 is 2.48 bits per heavy atom. The van der Waals surface area contributed by atoms with Gasteiger partial charge in [0.05, 0.1) is 14.2 Å². The highest BCUT2D eigenvalue weighted by Gasteiger charge is 2.35. The van der Waals surface area contributed by atoms with Gasteiger partial charge in [0.15, 0.2) is 0 Å². The number of amides is 1. The predicted molar refractivity (Wildman–Crippen MR) is 89.2 cm³/mol. The average molecular weight is 333 g/mol. The highest BCUT2D eigenvalue weighted by Crippen LogP contribution is 2.41. The van der Waals surface area contributed by atoms with Crippen molar-refractivity contribution in [3.05, 3.63) is 47.4 Å². The van der Waals surface area contributed by atoms with Crippen molar-refractivity contribution in [2.75, 3.05) is 26.5 Å². The van der Waals surface area contributed by atoms with E-state index in [2.05, 4.69) is 0 Å². The van der Waals surface area contributed by atoms with E-state index in [9.17, 15) is 4.79 Å². The quantitative estimate of drug-likeness (QED) is 0.857. The third-order valence-corrected chi connectivity index (χ3v) is 5.02. The fraction of sp³-hybridized carbons (Fsp3) is 0.353. The molecular weight excluding hydrogens is 314 g/mol. The van der Waals surface area contributed by atoms with Gasteiger partial charge < -0.3 is 18.8 Å². The van der Waals surface area contributed by atoms with Gasteiger partial charge in [-0.1, -0.05) is 6.07 Å². The van der Waals surface area contributed by atoms with Crippen LogP contribution in [0.5, 0.6) is 11.5 Å². The molecule has 1 saturated heterocycles. The number of thioether (sulfide) groups is 1. The van der Waals surface area contributed by atoms with E-state index in [1.165, 1.54) is 0 Å². The van der Waals surface area contributed by atoms with Gasteiger partial charge >= 0.3 is 0 Å². The van der Waals surface area contributed by atoms with Gasteiger partial charge in [0.1, 0.15) is 34.0 Å². The van der Waals surface area contributed by atoms with Crippen molar-refractivity contribution in [1.29, 1.82) is 0 Å². The van der Waals surface area contributed by atoms with E-state index < -0.39 is 0 Å². The molecule has 3 rings (SSSR count). The van der Waals surface area contributed by atoms with Gasteiger partial charge in [0, 0.05) is 12.3 Å². The summed E-state index contributed by atoms with van der Waals surface area (Å²) in [5.41, 5.74) is 0.452. The van der Waals surface area contributed by atoms with Gasteiger partial charge in [0.2, 0.25) is 0 Å². The minimum absolute atomic E-state index is 0.108. The molecule has 0 aliphatic carbocycles. The molecular formula is C17H19NO4S. The summed E-state index contributed by atoms with van der Waals surface area (Å²) in [6.07, 6.45) is 0.